The SMILES string of the molecule is CC(=O)Oc1ccc(C(=O)Nc2ccc([N+](=O)[O-])cc2Br)cc1-c1ccccc1. The van der Waals surface area contributed by atoms with Crippen LogP contribution >= 0.6 is 15.9 Å². The third-order valence-corrected chi connectivity index (χ3v) is 4.65. The van der Waals surface area contributed by atoms with Gasteiger partial charge in [0.05, 0.1) is 10.6 Å². The number of hydrogen-bond acceptors (Lipinski definition) is 5. The number of nitro benzene ring substituents is 1. The zero-order valence-corrected chi connectivity index (χ0v) is 16.8. The largest absolute Gasteiger partial charge is 0.426 e. The Hall–Kier alpha value is -3.52. The van der Waals surface area contributed by atoms with Gasteiger partial charge in [0, 0.05) is 34.7 Å². The van der Waals surface area contributed by atoms with Crippen LogP contribution in [0.2, 0.25) is 0 Å². The molecule has 3 aromatic rings. The smallest absolute Gasteiger partial charge is 0.308 e. The third-order valence-electron chi connectivity index (χ3n) is 3.99. The molecule has 0 fully saturated rings. The van der Waals surface area contributed by atoms with Gasteiger partial charge in [0.25, 0.3) is 11.6 Å². The van der Waals surface area contributed by atoms with Gasteiger partial charge in [0.2, 0.25) is 0 Å². The molecule has 146 valence electrons. The van der Waals surface area contributed by atoms with Crippen molar-refractivity contribution >= 4 is 39.2 Å². The number of nitro groups is 1. The van der Waals surface area contributed by atoms with E-state index in [0.717, 1.165) is 5.56 Å². The van der Waals surface area contributed by atoms with Gasteiger partial charge in [-0.25, -0.2) is 0 Å². The molecule has 0 spiro atoms. The average Bonchev–Trinajstić information content (AvgIpc) is 2.69. The zero-order chi connectivity index (χ0) is 21.0. The maximum Gasteiger partial charge on any atom is 0.308 e. The van der Waals surface area contributed by atoms with Crippen molar-refractivity contribution < 1.29 is 19.2 Å². The Morgan fingerprint density at radius 3 is 2.38 bits per heavy atom. The van der Waals surface area contributed by atoms with Gasteiger partial charge in [0.15, 0.2) is 0 Å². The highest BCUT2D eigenvalue weighted by Crippen LogP contribution is 2.32. The molecule has 1 N–H and O–H groups in total. The molecule has 0 aliphatic heterocycles. The summed E-state index contributed by atoms with van der Waals surface area (Å²) in [5.41, 5.74) is 2.02. The number of ether oxygens (including phenoxy) is 1. The van der Waals surface area contributed by atoms with Crippen LogP contribution in [0.3, 0.4) is 0 Å². The van der Waals surface area contributed by atoms with Gasteiger partial charge >= 0.3 is 5.97 Å². The van der Waals surface area contributed by atoms with E-state index >= 15 is 0 Å². The fourth-order valence-corrected chi connectivity index (χ4v) is 3.14. The first kappa shape index (κ1) is 20.2. The number of esters is 1. The molecule has 0 aliphatic carbocycles. The van der Waals surface area contributed by atoms with Crippen molar-refractivity contribution in [2.45, 2.75) is 6.92 Å². The highest BCUT2D eigenvalue weighted by molar-refractivity contribution is 9.10. The Bertz CT molecular complexity index is 1100. The highest BCUT2D eigenvalue weighted by atomic mass is 79.9. The first-order valence-electron chi connectivity index (χ1n) is 8.48. The first-order chi connectivity index (χ1) is 13.8. The standard InChI is InChI=1S/C21H15BrN2O5/c1-13(25)29-20-10-7-15(11-17(20)14-5-3-2-4-6-14)21(26)23-19-9-8-16(24(27)28)12-18(19)22/h2-12H,1H3,(H,23,26). The van der Waals surface area contributed by atoms with Crippen molar-refractivity contribution in [3.05, 3.63) is 86.9 Å². The summed E-state index contributed by atoms with van der Waals surface area (Å²) >= 11 is 3.23. The summed E-state index contributed by atoms with van der Waals surface area (Å²) in [6.07, 6.45) is 0. The molecule has 3 aromatic carbocycles. The van der Waals surface area contributed by atoms with Crippen LogP contribution in [0.1, 0.15) is 17.3 Å². The van der Waals surface area contributed by atoms with Crippen LogP contribution in [0.4, 0.5) is 11.4 Å². The number of hydrogen-bond donors (Lipinski definition) is 1. The molecule has 0 heterocycles. The number of non-ortho nitro benzene ring substituents is 1. The lowest BCUT2D eigenvalue weighted by Crippen LogP contribution is -2.13. The first-order valence-corrected chi connectivity index (χ1v) is 9.27. The van der Waals surface area contributed by atoms with E-state index in [2.05, 4.69) is 21.2 Å². The van der Waals surface area contributed by atoms with E-state index in [1.54, 1.807) is 18.2 Å². The number of anilines is 1. The molecular weight excluding hydrogens is 440 g/mol. The number of carbonyl (C=O) groups excluding carboxylic acids is 2. The molecular formula is C21H15BrN2O5. The van der Waals surface area contributed by atoms with Gasteiger partial charge in [-0.15, -0.1) is 0 Å². The molecule has 8 heteroatoms. The van der Waals surface area contributed by atoms with Crippen LogP contribution in [0, 0.1) is 10.1 Å². The van der Waals surface area contributed by atoms with Crippen LogP contribution in [0.15, 0.2) is 71.2 Å². The van der Waals surface area contributed by atoms with Crippen molar-refractivity contribution in [1.82, 2.24) is 0 Å². The summed E-state index contributed by atoms with van der Waals surface area (Å²) in [4.78, 5) is 34.5. The van der Waals surface area contributed by atoms with Crippen LogP contribution < -0.4 is 10.1 Å². The number of benzene rings is 3. The number of amides is 1. The molecule has 0 saturated carbocycles. The molecule has 0 aliphatic rings. The Labute approximate surface area is 174 Å². The molecule has 0 bridgehead atoms. The summed E-state index contributed by atoms with van der Waals surface area (Å²) in [7, 11) is 0. The molecule has 0 saturated heterocycles. The summed E-state index contributed by atoms with van der Waals surface area (Å²) in [5, 5.41) is 13.6. The van der Waals surface area contributed by atoms with E-state index in [1.165, 1.54) is 25.1 Å². The molecule has 0 radical (unpaired) electrons. The van der Waals surface area contributed by atoms with Gasteiger partial charge in [-0.2, -0.15) is 0 Å². The van der Waals surface area contributed by atoms with E-state index in [4.69, 9.17) is 4.74 Å². The van der Waals surface area contributed by atoms with Crippen LogP contribution in [0.25, 0.3) is 11.1 Å². The lowest BCUT2D eigenvalue weighted by atomic mass is 10.0. The minimum atomic E-state index is -0.518. The maximum atomic E-state index is 12.7. The molecule has 0 atom stereocenters. The minimum Gasteiger partial charge on any atom is -0.426 e. The molecule has 0 aromatic heterocycles. The number of nitrogens with zero attached hydrogens (tertiary/aromatic N) is 1. The van der Waals surface area contributed by atoms with Crippen molar-refractivity contribution in [3.63, 3.8) is 0 Å². The summed E-state index contributed by atoms with van der Waals surface area (Å²) in [6.45, 7) is 1.31. The topological polar surface area (TPSA) is 98.5 Å². The van der Waals surface area contributed by atoms with Gasteiger partial charge in [0.1, 0.15) is 5.75 Å². The lowest BCUT2D eigenvalue weighted by Gasteiger charge is -2.12. The van der Waals surface area contributed by atoms with Crippen LogP contribution in [-0.2, 0) is 4.79 Å². The van der Waals surface area contributed by atoms with Gasteiger partial charge in [-0.1, -0.05) is 30.3 Å². The van der Waals surface area contributed by atoms with Gasteiger partial charge < -0.3 is 10.1 Å². The lowest BCUT2D eigenvalue weighted by molar-refractivity contribution is -0.384. The predicted molar refractivity (Wildman–Crippen MR) is 112 cm³/mol. The quantitative estimate of drug-likeness (QED) is 0.247. The van der Waals surface area contributed by atoms with Crippen molar-refractivity contribution in [1.29, 1.82) is 0 Å². The van der Waals surface area contributed by atoms with Crippen LogP contribution in [0.5, 0.6) is 5.75 Å². The second-order valence-electron chi connectivity index (χ2n) is 6.05. The molecule has 7 nitrogen and oxygen atoms in total. The Kier molecular flexibility index (Phi) is 6.04. The number of halogens is 1. The molecule has 29 heavy (non-hydrogen) atoms. The Morgan fingerprint density at radius 2 is 1.76 bits per heavy atom. The van der Waals surface area contributed by atoms with E-state index in [-0.39, 0.29) is 5.69 Å². The Morgan fingerprint density at radius 1 is 1.03 bits per heavy atom. The van der Waals surface area contributed by atoms with Crippen molar-refractivity contribution in [2.24, 2.45) is 0 Å². The molecule has 3 rings (SSSR count). The average molecular weight is 455 g/mol. The van der Waals surface area contributed by atoms with E-state index < -0.39 is 16.8 Å². The second-order valence-corrected chi connectivity index (χ2v) is 6.90. The monoisotopic (exact) mass is 454 g/mol. The fraction of sp³-hybridized carbons (Fsp3) is 0.0476. The van der Waals surface area contributed by atoms with Gasteiger partial charge in [-0.3, -0.25) is 19.7 Å². The highest BCUT2D eigenvalue weighted by Gasteiger charge is 2.16. The third kappa shape index (κ3) is 4.85. The number of nitrogens with one attached hydrogen (secondary N) is 1. The predicted octanol–water partition coefficient (Wildman–Crippen LogP) is 5.20. The fourth-order valence-electron chi connectivity index (χ4n) is 2.67. The van der Waals surface area contributed by atoms with E-state index in [0.29, 0.717) is 27.0 Å². The minimum absolute atomic E-state index is 0.0908. The normalized spacial score (nSPS) is 10.3. The number of rotatable bonds is 5. The molecule has 0 unspecified atom stereocenters. The maximum absolute atomic E-state index is 12.7. The number of carbonyl (C=O) groups is 2. The van der Waals surface area contributed by atoms with Crippen molar-refractivity contribution in [2.75, 3.05) is 5.32 Å². The van der Waals surface area contributed by atoms with Crippen molar-refractivity contribution in [3.8, 4) is 16.9 Å². The van der Waals surface area contributed by atoms with E-state index in [9.17, 15) is 19.7 Å². The second kappa shape index (κ2) is 8.66. The van der Waals surface area contributed by atoms with Gasteiger partial charge in [-0.05, 0) is 45.8 Å². The molecule has 1 amide bonds. The summed E-state index contributed by atoms with van der Waals surface area (Å²) in [6, 6.07) is 18.0. The zero-order valence-electron chi connectivity index (χ0n) is 15.2. The Balaban J connectivity index is 1.93. The van der Waals surface area contributed by atoms with Crippen LogP contribution in [-0.4, -0.2) is 16.8 Å². The van der Waals surface area contributed by atoms with E-state index in [1.807, 2.05) is 30.3 Å². The summed E-state index contributed by atoms with van der Waals surface area (Å²) < 4.78 is 5.65. The summed E-state index contributed by atoms with van der Waals surface area (Å²) in [5.74, 6) is -0.530.